The van der Waals surface area contributed by atoms with Gasteiger partial charge >= 0.3 is 0 Å². The Balaban J connectivity index is 1.74. The normalized spacial score (nSPS) is 11.0. The van der Waals surface area contributed by atoms with Crippen molar-refractivity contribution in [2.75, 3.05) is 6.54 Å². The first-order valence-corrected chi connectivity index (χ1v) is 10.7. The van der Waals surface area contributed by atoms with E-state index in [0.29, 0.717) is 36.9 Å². The number of rotatable bonds is 9. The van der Waals surface area contributed by atoms with E-state index in [9.17, 15) is 9.18 Å². The van der Waals surface area contributed by atoms with Crippen LogP contribution in [0.25, 0.3) is 0 Å². The summed E-state index contributed by atoms with van der Waals surface area (Å²) in [5, 5.41) is 6.18. The van der Waals surface area contributed by atoms with Crippen LogP contribution in [0.2, 0.25) is 5.02 Å². The molecule has 29 heavy (non-hydrogen) atoms. The van der Waals surface area contributed by atoms with Crippen molar-refractivity contribution in [3.8, 4) is 0 Å². The Morgan fingerprint density at radius 1 is 1.14 bits per heavy atom. The van der Waals surface area contributed by atoms with Gasteiger partial charge in [0.05, 0.1) is 6.54 Å². The second-order valence-corrected chi connectivity index (χ2v) is 8.16. The topological polar surface area (TPSA) is 45.2 Å². The standard InChI is InChI=1S/C22H23ClFN3OS/c1-2-10-25-22(28)20-15-29-21(26-20)14-27(12-16-6-8-19(24)9-7-16)13-17-4-3-5-18(23)11-17/h3-9,11,15H,2,10,12-14H2,1H3,(H,25,28). The molecule has 1 aromatic heterocycles. The van der Waals surface area contributed by atoms with Gasteiger partial charge in [-0.2, -0.15) is 0 Å². The summed E-state index contributed by atoms with van der Waals surface area (Å²) < 4.78 is 13.3. The summed E-state index contributed by atoms with van der Waals surface area (Å²) in [7, 11) is 0. The van der Waals surface area contributed by atoms with Crippen LogP contribution in [-0.2, 0) is 19.6 Å². The van der Waals surface area contributed by atoms with Crippen molar-refractivity contribution in [2.45, 2.75) is 33.0 Å². The summed E-state index contributed by atoms with van der Waals surface area (Å²) in [6.45, 7) is 4.52. The Kier molecular flexibility index (Phi) is 7.75. The number of amides is 1. The first kappa shape index (κ1) is 21.4. The zero-order chi connectivity index (χ0) is 20.6. The summed E-state index contributed by atoms with van der Waals surface area (Å²) in [4.78, 5) is 18.8. The van der Waals surface area contributed by atoms with Crippen molar-refractivity contribution in [1.29, 1.82) is 0 Å². The van der Waals surface area contributed by atoms with Crippen LogP contribution >= 0.6 is 22.9 Å². The fourth-order valence-electron chi connectivity index (χ4n) is 2.92. The van der Waals surface area contributed by atoms with Crippen LogP contribution in [0.3, 0.4) is 0 Å². The lowest BCUT2D eigenvalue weighted by Gasteiger charge is -2.21. The van der Waals surface area contributed by atoms with Crippen molar-refractivity contribution < 1.29 is 9.18 Å². The van der Waals surface area contributed by atoms with E-state index in [-0.39, 0.29) is 11.7 Å². The van der Waals surface area contributed by atoms with E-state index in [1.165, 1.54) is 23.5 Å². The molecule has 1 N–H and O–H groups in total. The Bertz CT molecular complexity index is 945. The molecule has 0 saturated heterocycles. The molecule has 0 aliphatic heterocycles. The molecule has 0 spiro atoms. The first-order valence-electron chi connectivity index (χ1n) is 9.47. The molecule has 7 heteroatoms. The van der Waals surface area contributed by atoms with Crippen LogP contribution in [0.4, 0.5) is 4.39 Å². The van der Waals surface area contributed by atoms with Crippen molar-refractivity contribution in [3.05, 3.63) is 86.6 Å². The molecular formula is C22H23ClFN3OS. The molecule has 1 heterocycles. The maximum absolute atomic E-state index is 13.3. The molecule has 0 radical (unpaired) electrons. The minimum atomic E-state index is -0.252. The van der Waals surface area contributed by atoms with E-state index in [1.54, 1.807) is 17.5 Å². The highest BCUT2D eigenvalue weighted by Crippen LogP contribution is 2.19. The van der Waals surface area contributed by atoms with Crippen LogP contribution in [0.15, 0.2) is 53.9 Å². The average molecular weight is 432 g/mol. The maximum Gasteiger partial charge on any atom is 0.270 e. The number of thiazole rings is 1. The predicted molar refractivity (Wildman–Crippen MR) is 116 cm³/mol. The number of nitrogens with zero attached hydrogens (tertiary/aromatic N) is 2. The number of hydrogen-bond acceptors (Lipinski definition) is 4. The van der Waals surface area contributed by atoms with Crippen LogP contribution in [-0.4, -0.2) is 22.3 Å². The molecule has 0 atom stereocenters. The van der Waals surface area contributed by atoms with Crippen LogP contribution < -0.4 is 5.32 Å². The number of benzene rings is 2. The molecule has 0 aliphatic rings. The Morgan fingerprint density at radius 2 is 1.90 bits per heavy atom. The van der Waals surface area contributed by atoms with Gasteiger partial charge in [0, 0.05) is 30.0 Å². The van der Waals surface area contributed by atoms with E-state index in [1.807, 2.05) is 31.2 Å². The quantitative estimate of drug-likeness (QED) is 0.501. The van der Waals surface area contributed by atoms with Gasteiger partial charge in [0.1, 0.15) is 16.5 Å². The smallest absolute Gasteiger partial charge is 0.270 e. The molecule has 0 bridgehead atoms. The molecule has 0 aliphatic carbocycles. The first-order chi connectivity index (χ1) is 14.0. The van der Waals surface area contributed by atoms with Gasteiger partial charge in [0.25, 0.3) is 5.91 Å². The second-order valence-electron chi connectivity index (χ2n) is 6.78. The van der Waals surface area contributed by atoms with Gasteiger partial charge in [-0.05, 0) is 41.8 Å². The van der Waals surface area contributed by atoms with Gasteiger partial charge in [-0.1, -0.05) is 42.8 Å². The molecule has 2 aromatic carbocycles. The Hall–Kier alpha value is -2.28. The lowest BCUT2D eigenvalue weighted by molar-refractivity contribution is 0.0949. The fourth-order valence-corrected chi connectivity index (χ4v) is 3.95. The van der Waals surface area contributed by atoms with Gasteiger partial charge in [0.15, 0.2) is 0 Å². The van der Waals surface area contributed by atoms with Crippen molar-refractivity contribution in [3.63, 3.8) is 0 Å². The third-order valence-corrected chi connectivity index (χ3v) is 5.36. The third kappa shape index (κ3) is 6.63. The van der Waals surface area contributed by atoms with E-state index in [2.05, 4.69) is 15.2 Å². The largest absolute Gasteiger partial charge is 0.351 e. The SMILES string of the molecule is CCCNC(=O)c1csc(CN(Cc2ccc(F)cc2)Cc2cccc(Cl)c2)n1. The average Bonchev–Trinajstić information content (AvgIpc) is 3.16. The minimum Gasteiger partial charge on any atom is -0.351 e. The Labute approximate surface area is 179 Å². The van der Waals surface area contributed by atoms with Gasteiger partial charge < -0.3 is 5.32 Å². The molecule has 0 unspecified atom stereocenters. The summed E-state index contributed by atoms with van der Waals surface area (Å²) in [5.74, 6) is -0.396. The Morgan fingerprint density at radius 3 is 2.62 bits per heavy atom. The second kappa shape index (κ2) is 10.5. The highest BCUT2D eigenvalue weighted by Gasteiger charge is 2.14. The number of nitrogens with one attached hydrogen (secondary N) is 1. The molecule has 1 amide bonds. The van der Waals surface area contributed by atoms with E-state index in [0.717, 1.165) is 22.6 Å². The van der Waals surface area contributed by atoms with Crippen molar-refractivity contribution in [1.82, 2.24) is 15.2 Å². The number of aromatic nitrogens is 1. The lowest BCUT2D eigenvalue weighted by atomic mass is 10.1. The third-order valence-electron chi connectivity index (χ3n) is 4.29. The number of carbonyl (C=O) groups excluding carboxylic acids is 1. The summed E-state index contributed by atoms with van der Waals surface area (Å²) in [5.41, 5.74) is 2.53. The zero-order valence-corrected chi connectivity index (χ0v) is 17.8. The van der Waals surface area contributed by atoms with Crippen LogP contribution in [0, 0.1) is 5.82 Å². The fraction of sp³-hybridized carbons (Fsp3) is 0.273. The van der Waals surface area contributed by atoms with E-state index < -0.39 is 0 Å². The zero-order valence-electron chi connectivity index (χ0n) is 16.2. The van der Waals surface area contributed by atoms with Crippen molar-refractivity contribution in [2.24, 2.45) is 0 Å². The van der Waals surface area contributed by atoms with Crippen LogP contribution in [0.1, 0.15) is 40.0 Å². The monoisotopic (exact) mass is 431 g/mol. The highest BCUT2D eigenvalue weighted by atomic mass is 35.5. The van der Waals surface area contributed by atoms with E-state index >= 15 is 0 Å². The minimum absolute atomic E-state index is 0.144. The molecule has 0 fully saturated rings. The number of hydrogen-bond donors (Lipinski definition) is 1. The molecule has 4 nitrogen and oxygen atoms in total. The van der Waals surface area contributed by atoms with E-state index in [4.69, 9.17) is 11.6 Å². The summed E-state index contributed by atoms with van der Waals surface area (Å²) in [6, 6.07) is 14.2. The molecular weight excluding hydrogens is 409 g/mol. The highest BCUT2D eigenvalue weighted by molar-refractivity contribution is 7.09. The van der Waals surface area contributed by atoms with Crippen molar-refractivity contribution >= 4 is 28.8 Å². The molecule has 3 rings (SSSR count). The van der Waals surface area contributed by atoms with Gasteiger partial charge in [-0.25, -0.2) is 9.37 Å². The number of halogens is 2. The molecule has 3 aromatic rings. The molecule has 0 saturated carbocycles. The number of carbonyl (C=O) groups is 1. The maximum atomic E-state index is 13.3. The van der Waals surface area contributed by atoms with Gasteiger partial charge in [-0.15, -0.1) is 11.3 Å². The summed E-state index contributed by atoms with van der Waals surface area (Å²) >= 11 is 7.60. The summed E-state index contributed by atoms with van der Waals surface area (Å²) in [6.07, 6.45) is 0.883. The van der Waals surface area contributed by atoms with Crippen LogP contribution in [0.5, 0.6) is 0 Å². The van der Waals surface area contributed by atoms with Gasteiger partial charge in [0.2, 0.25) is 0 Å². The van der Waals surface area contributed by atoms with Gasteiger partial charge in [-0.3, -0.25) is 9.69 Å². The molecule has 152 valence electrons. The predicted octanol–water partition coefficient (Wildman–Crippen LogP) is 5.28. The lowest BCUT2D eigenvalue weighted by Crippen LogP contribution is -2.25.